The second-order valence-corrected chi connectivity index (χ2v) is 15.0. The van der Waals surface area contributed by atoms with Crippen LogP contribution >= 0.6 is 34.2 Å². The first-order valence-electron chi connectivity index (χ1n) is 17.5. The number of barbiturate groups is 1. The molecule has 5 aromatic rings. The molecule has 2 atom stereocenters. The van der Waals surface area contributed by atoms with Crippen molar-refractivity contribution in [1.82, 2.24) is 5.32 Å². The number of ether oxygens (including phenoxy) is 2. The standard InChI is InChI=1S/C43H35ClIN3O5/c1-52-38-22-27(21-37(45)40(38)53-25-26-12-14-30(44)15-13-26)20-36-41(49)46-43(51)48(42(36)50)31-23-34-32(28-8-4-2-5-9-28)16-18-47-19-17-33(35(24-31)39(34)47)29-10-6-3-7-11-29/h2-15,20-24,32-33H,16-19,25H2,1H3,(H,46,49,51)/b36-20+/t32-,33-/m1/s1. The molecule has 0 aromatic heterocycles. The average molecular weight is 836 g/mol. The van der Waals surface area contributed by atoms with E-state index in [1.165, 1.54) is 30.0 Å². The molecular weight excluding hydrogens is 801 g/mol. The lowest BCUT2D eigenvalue weighted by molar-refractivity contribution is -0.122. The van der Waals surface area contributed by atoms with Crippen LogP contribution in [0.1, 0.15) is 58.1 Å². The maximum absolute atomic E-state index is 14.4. The number of methoxy groups -OCH3 is 1. The van der Waals surface area contributed by atoms with E-state index in [-0.39, 0.29) is 17.4 Å². The SMILES string of the molecule is COc1cc(/C=C2\C(=O)NC(=O)N(c3cc4c5c(c3)[C@@H](c3ccccc3)CCN5CC[C@@H]4c3ccccc3)C2=O)cc(I)c1OCc1ccc(Cl)cc1. The second kappa shape index (κ2) is 14.7. The molecule has 0 spiro atoms. The van der Waals surface area contributed by atoms with Crippen molar-refractivity contribution < 1.29 is 23.9 Å². The van der Waals surface area contributed by atoms with Crippen LogP contribution in [0.2, 0.25) is 5.02 Å². The first-order valence-corrected chi connectivity index (χ1v) is 18.9. The van der Waals surface area contributed by atoms with Crippen molar-refractivity contribution in [3.05, 3.63) is 157 Å². The minimum absolute atomic E-state index is 0.0743. The highest BCUT2D eigenvalue weighted by atomic mass is 127. The third-order valence-corrected chi connectivity index (χ3v) is 11.3. The van der Waals surface area contributed by atoms with E-state index in [0.29, 0.717) is 34.4 Å². The van der Waals surface area contributed by atoms with Gasteiger partial charge in [0.15, 0.2) is 11.5 Å². The van der Waals surface area contributed by atoms with Gasteiger partial charge < -0.3 is 14.4 Å². The van der Waals surface area contributed by atoms with Gasteiger partial charge in [-0.2, -0.15) is 0 Å². The fourth-order valence-corrected chi connectivity index (χ4v) is 8.63. The van der Waals surface area contributed by atoms with Gasteiger partial charge in [0, 0.05) is 35.6 Å². The highest BCUT2D eigenvalue weighted by Gasteiger charge is 2.40. The summed E-state index contributed by atoms with van der Waals surface area (Å²) in [5, 5.41) is 3.07. The highest BCUT2D eigenvalue weighted by Crippen LogP contribution is 2.50. The van der Waals surface area contributed by atoms with Gasteiger partial charge in [0.25, 0.3) is 11.8 Å². The third kappa shape index (κ3) is 6.79. The van der Waals surface area contributed by atoms with Crippen LogP contribution in [0.15, 0.2) is 115 Å². The van der Waals surface area contributed by atoms with Crippen molar-refractivity contribution in [3.63, 3.8) is 0 Å². The van der Waals surface area contributed by atoms with Crippen LogP contribution < -0.4 is 24.6 Å². The molecule has 1 N–H and O–H groups in total. The van der Waals surface area contributed by atoms with Gasteiger partial charge in [-0.15, -0.1) is 0 Å². The van der Waals surface area contributed by atoms with Crippen LogP contribution in [-0.4, -0.2) is 38.0 Å². The molecule has 0 aliphatic carbocycles. The molecule has 0 bridgehead atoms. The molecule has 0 radical (unpaired) electrons. The molecule has 3 aliphatic heterocycles. The molecule has 8 rings (SSSR count). The fourth-order valence-electron chi connectivity index (χ4n) is 7.73. The van der Waals surface area contributed by atoms with Crippen molar-refractivity contribution in [2.24, 2.45) is 0 Å². The average Bonchev–Trinajstić information content (AvgIpc) is 3.17. The van der Waals surface area contributed by atoms with Crippen LogP contribution in [0.5, 0.6) is 11.5 Å². The molecular formula is C43H35ClIN3O5. The number of benzene rings is 5. The Labute approximate surface area is 326 Å². The number of hydrogen-bond acceptors (Lipinski definition) is 6. The monoisotopic (exact) mass is 835 g/mol. The van der Waals surface area contributed by atoms with E-state index in [9.17, 15) is 14.4 Å². The summed E-state index contributed by atoms with van der Waals surface area (Å²) in [6, 6.07) is 34.8. The fraction of sp³-hybridized carbons (Fsp3) is 0.186. The molecule has 8 nitrogen and oxygen atoms in total. The van der Waals surface area contributed by atoms with Gasteiger partial charge in [0.1, 0.15) is 12.2 Å². The number of hydrogen-bond donors (Lipinski definition) is 1. The van der Waals surface area contributed by atoms with Gasteiger partial charge >= 0.3 is 6.03 Å². The van der Waals surface area contributed by atoms with Crippen LogP contribution in [0, 0.1) is 3.57 Å². The summed E-state index contributed by atoms with van der Waals surface area (Å²) in [4.78, 5) is 44.9. The van der Waals surface area contributed by atoms with E-state index in [4.69, 9.17) is 21.1 Å². The first-order chi connectivity index (χ1) is 25.8. The normalized spacial score (nSPS) is 18.8. The van der Waals surface area contributed by atoms with E-state index in [1.54, 1.807) is 24.3 Å². The predicted molar refractivity (Wildman–Crippen MR) is 215 cm³/mol. The van der Waals surface area contributed by atoms with Crippen LogP contribution in [0.25, 0.3) is 6.08 Å². The summed E-state index contributed by atoms with van der Waals surface area (Å²) < 4.78 is 12.5. The number of urea groups is 1. The lowest BCUT2D eigenvalue weighted by Gasteiger charge is -2.44. The van der Waals surface area contributed by atoms with Crippen molar-refractivity contribution in [3.8, 4) is 11.5 Å². The topological polar surface area (TPSA) is 88.2 Å². The van der Waals surface area contributed by atoms with Gasteiger partial charge in [-0.25, -0.2) is 9.69 Å². The second-order valence-electron chi connectivity index (χ2n) is 13.4. The van der Waals surface area contributed by atoms with Crippen molar-refractivity contribution >= 4 is 69.5 Å². The number of amides is 4. The minimum atomic E-state index is -0.779. The Morgan fingerprint density at radius 1 is 0.830 bits per heavy atom. The first kappa shape index (κ1) is 34.9. The van der Waals surface area contributed by atoms with E-state index in [1.807, 2.05) is 60.7 Å². The molecule has 5 aromatic carbocycles. The quantitative estimate of drug-likeness (QED) is 0.0954. The molecule has 3 aliphatic rings. The van der Waals surface area contributed by atoms with Crippen molar-refractivity contribution in [2.75, 3.05) is 30.0 Å². The highest BCUT2D eigenvalue weighted by molar-refractivity contribution is 14.1. The third-order valence-electron chi connectivity index (χ3n) is 10.2. The Balaban J connectivity index is 1.18. The molecule has 10 heteroatoms. The molecule has 53 heavy (non-hydrogen) atoms. The number of rotatable bonds is 8. The largest absolute Gasteiger partial charge is 0.493 e. The number of nitrogens with one attached hydrogen (secondary N) is 1. The Morgan fingerprint density at radius 2 is 1.43 bits per heavy atom. The summed E-state index contributed by atoms with van der Waals surface area (Å²) in [6.45, 7) is 2.12. The summed E-state index contributed by atoms with van der Waals surface area (Å²) >= 11 is 8.18. The smallest absolute Gasteiger partial charge is 0.335 e. The van der Waals surface area contributed by atoms with Gasteiger partial charge in [-0.1, -0.05) is 84.4 Å². The molecule has 0 saturated carbocycles. The van der Waals surface area contributed by atoms with Crippen LogP contribution in [0.3, 0.4) is 0 Å². The van der Waals surface area contributed by atoms with Gasteiger partial charge in [-0.05, 0) is 111 Å². The van der Waals surface area contributed by atoms with Crippen molar-refractivity contribution in [1.29, 1.82) is 0 Å². The lowest BCUT2D eigenvalue weighted by Crippen LogP contribution is -2.54. The summed E-state index contributed by atoms with van der Waals surface area (Å²) in [7, 11) is 1.53. The Bertz CT molecular complexity index is 2190. The minimum Gasteiger partial charge on any atom is -0.493 e. The maximum Gasteiger partial charge on any atom is 0.335 e. The Morgan fingerprint density at radius 3 is 2.02 bits per heavy atom. The number of halogens is 2. The molecule has 4 amide bonds. The van der Waals surface area contributed by atoms with Crippen molar-refractivity contribution in [2.45, 2.75) is 31.3 Å². The van der Waals surface area contributed by atoms with Gasteiger partial charge in [0.2, 0.25) is 0 Å². The zero-order chi connectivity index (χ0) is 36.6. The Kier molecular flexibility index (Phi) is 9.70. The molecule has 0 unspecified atom stereocenters. The van der Waals surface area contributed by atoms with Gasteiger partial charge in [-0.3, -0.25) is 14.9 Å². The predicted octanol–water partition coefficient (Wildman–Crippen LogP) is 9.08. The number of nitrogens with zero attached hydrogens (tertiary/aromatic N) is 2. The molecule has 1 fully saturated rings. The maximum atomic E-state index is 14.4. The number of anilines is 2. The van der Waals surface area contributed by atoms with E-state index < -0.39 is 17.8 Å². The lowest BCUT2D eigenvalue weighted by atomic mass is 9.76. The van der Waals surface area contributed by atoms with E-state index in [0.717, 1.165) is 51.1 Å². The zero-order valence-electron chi connectivity index (χ0n) is 28.9. The zero-order valence-corrected chi connectivity index (χ0v) is 31.8. The van der Waals surface area contributed by atoms with Gasteiger partial charge in [0.05, 0.1) is 16.4 Å². The molecule has 3 heterocycles. The van der Waals surface area contributed by atoms with Crippen LogP contribution in [-0.2, 0) is 16.2 Å². The molecule has 1 saturated heterocycles. The summed E-state index contributed by atoms with van der Waals surface area (Å²) in [5.74, 6) is -0.344. The Hall–Kier alpha value is -5.13. The van der Waals surface area contributed by atoms with E-state index in [2.05, 4.69) is 57.1 Å². The number of carbonyl (C=O) groups is 3. The summed E-state index contributed by atoms with van der Waals surface area (Å²) in [6.07, 6.45) is 3.30. The van der Waals surface area contributed by atoms with Crippen LogP contribution in [0.4, 0.5) is 16.2 Å². The molecule has 266 valence electrons. The van der Waals surface area contributed by atoms with E-state index >= 15 is 0 Å². The summed E-state index contributed by atoms with van der Waals surface area (Å²) in [5.41, 5.74) is 7.44. The number of carbonyl (C=O) groups excluding carboxylic acids is 3. The number of imide groups is 2.